The maximum atomic E-state index is 12.7. The molecule has 1 aliphatic heterocycles. The smallest absolute Gasteiger partial charge is 0.311 e. The number of carbonyl (C=O) groups excluding carboxylic acids is 1. The summed E-state index contributed by atoms with van der Waals surface area (Å²) in [6.45, 7) is 2.64. The summed E-state index contributed by atoms with van der Waals surface area (Å²) in [5.74, 6) is -0.539. The van der Waals surface area contributed by atoms with E-state index in [-0.39, 0.29) is 12.5 Å². The van der Waals surface area contributed by atoms with E-state index in [9.17, 15) is 14.7 Å². The second-order valence-electron chi connectivity index (χ2n) is 6.30. The van der Waals surface area contributed by atoms with Crippen LogP contribution in [0.3, 0.4) is 0 Å². The first-order chi connectivity index (χ1) is 12.1. The van der Waals surface area contributed by atoms with Crippen molar-refractivity contribution < 1.29 is 14.7 Å². The number of hydrogen-bond donors (Lipinski definition) is 1. The van der Waals surface area contributed by atoms with Gasteiger partial charge in [0.15, 0.2) is 5.82 Å². The van der Waals surface area contributed by atoms with Crippen molar-refractivity contribution in [3.05, 3.63) is 42.5 Å². The van der Waals surface area contributed by atoms with Crippen LogP contribution in [-0.2, 0) is 4.79 Å². The van der Waals surface area contributed by atoms with E-state index in [1.807, 2.05) is 6.92 Å². The second-order valence-corrected chi connectivity index (χ2v) is 6.30. The molecule has 0 bridgehead atoms. The molecule has 7 nitrogen and oxygen atoms in total. The van der Waals surface area contributed by atoms with Gasteiger partial charge in [-0.25, -0.2) is 9.97 Å². The third kappa shape index (κ3) is 3.35. The highest BCUT2D eigenvalue weighted by atomic mass is 16.4. The van der Waals surface area contributed by atoms with Gasteiger partial charge < -0.3 is 10.0 Å². The van der Waals surface area contributed by atoms with Gasteiger partial charge in [-0.3, -0.25) is 14.6 Å². The van der Waals surface area contributed by atoms with Crippen molar-refractivity contribution in [2.75, 3.05) is 13.1 Å². The van der Waals surface area contributed by atoms with E-state index in [4.69, 9.17) is 0 Å². The molecule has 1 saturated heterocycles. The van der Waals surface area contributed by atoms with Crippen LogP contribution in [0.25, 0.3) is 11.4 Å². The molecule has 0 saturated carbocycles. The fraction of sp³-hybridized carbons (Fsp3) is 0.389. The monoisotopic (exact) mass is 340 g/mol. The Morgan fingerprint density at radius 2 is 1.92 bits per heavy atom. The van der Waals surface area contributed by atoms with Crippen molar-refractivity contribution in [2.24, 2.45) is 5.41 Å². The lowest BCUT2D eigenvalue weighted by atomic mass is 9.77. The minimum absolute atomic E-state index is 0.222. The highest BCUT2D eigenvalue weighted by Crippen LogP contribution is 2.34. The summed E-state index contributed by atoms with van der Waals surface area (Å²) in [5.41, 5.74) is 0.337. The Balaban J connectivity index is 1.78. The standard InChI is InChI=1S/C18H20N4O3/c1-2-18(17(24)25)6-3-9-22(12-18)16(23)14-10-20-15(21-11-14)13-4-7-19-8-5-13/h4-5,7-8,10-11H,2-3,6,9,12H2,1H3,(H,24,25)/t18-/m0/s1. The van der Waals surface area contributed by atoms with Gasteiger partial charge in [-0.05, 0) is 31.4 Å². The summed E-state index contributed by atoms with van der Waals surface area (Å²) in [7, 11) is 0. The van der Waals surface area contributed by atoms with Crippen LogP contribution >= 0.6 is 0 Å². The van der Waals surface area contributed by atoms with Crippen molar-refractivity contribution in [3.63, 3.8) is 0 Å². The average Bonchev–Trinajstić information content (AvgIpc) is 2.68. The number of nitrogens with zero attached hydrogens (tertiary/aromatic N) is 4. The van der Waals surface area contributed by atoms with Gasteiger partial charge in [0.05, 0.1) is 11.0 Å². The second kappa shape index (κ2) is 6.96. The van der Waals surface area contributed by atoms with E-state index < -0.39 is 11.4 Å². The molecule has 25 heavy (non-hydrogen) atoms. The quantitative estimate of drug-likeness (QED) is 0.917. The number of rotatable bonds is 4. The zero-order valence-electron chi connectivity index (χ0n) is 14.1. The Hall–Kier alpha value is -2.83. The van der Waals surface area contributed by atoms with Gasteiger partial charge in [0.2, 0.25) is 0 Å². The van der Waals surface area contributed by atoms with Crippen LogP contribution in [0.5, 0.6) is 0 Å². The van der Waals surface area contributed by atoms with E-state index >= 15 is 0 Å². The van der Waals surface area contributed by atoms with Gasteiger partial charge in [-0.15, -0.1) is 0 Å². The Morgan fingerprint density at radius 1 is 1.24 bits per heavy atom. The van der Waals surface area contributed by atoms with Gasteiger partial charge in [-0.1, -0.05) is 6.92 Å². The number of aliphatic carboxylic acids is 1. The number of carbonyl (C=O) groups is 2. The molecule has 1 N–H and O–H groups in total. The number of piperidine rings is 1. The molecular weight excluding hydrogens is 320 g/mol. The highest BCUT2D eigenvalue weighted by molar-refractivity contribution is 5.94. The number of carboxylic acid groups (broad SMARTS) is 1. The van der Waals surface area contributed by atoms with Gasteiger partial charge in [-0.2, -0.15) is 0 Å². The van der Waals surface area contributed by atoms with Crippen LogP contribution in [0, 0.1) is 5.41 Å². The lowest BCUT2D eigenvalue weighted by Crippen LogP contribution is -2.49. The molecule has 3 rings (SSSR count). The molecule has 2 aromatic heterocycles. The van der Waals surface area contributed by atoms with E-state index in [0.717, 1.165) is 5.56 Å². The van der Waals surface area contributed by atoms with Crippen molar-refractivity contribution >= 4 is 11.9 Å². The Kier molecular flexibility index (Phi) is 4.74. The number of amides is 1. The molecule has 0 radical (unpaired) electrons. The molecule has 0 aliphatic carbocycles. The lowest BCUT2D eigenvalue weighted by molar-refractivity contribution is -0.152. The number of likely N-dealkylation sites (tertiary alicyclic amines) is 1. The van der Waals surface area contributed by atoms with Gasteiger partial charge >= 0.3 is 5.97 Å². The Morgan fingerprint density at radius 3 is 2.52 bits per heavy atom. The third-order valence-corrected chi connectivity index (χ3v) is 4.83. The summed E-state index contributed by atoms with van der Waals surface area (Å²) < 4.78 is 0. The average molecular weight is 340 g/mol. The van der Waals surface area contributed by atoms with E-state index in [1.165, 1.54) is 12.4 Å². The van der Waals surface area contributed by atoms with Crippen molar-refractivity contribution in [1.29, 1.82) is 0 Å². The normalized spacial score (nSPS) is 20.3. The number of pyridine rings is 1. The van der Waals surface area contributed by atoms with Gasteiger partial charge in [0.1, 0.15) is 0 Å². The van der Waals surface area contributed by atoms with Crippen molar-refractivity contribution in [1.82, 2.24) is 19.9 Å². The van der Waals surface area contributed by atoms with Crippen LogP contribution in [-0.4, -0.2) is 49.9 Å². The van der Waals surface area contributed by atoms with E-state index in [0.29, 0.717) is 37.2 Å². The number of hydrogen-bond acceptors (Lipinski definition) is 5. The maximum absolute atomic E-state index is 12.7. The van der Waals surface area contributed by atoms with Crippen LogP contribution in [0.15, 0.2) is 36.9 Å². The predicted molar refractivity (Wildman–Crippen MR) is 90.8 cm³/mol. The molecule has 7 heteroatoms. The highest BCUT2D eigenvalue weighted by Gasteiger charge is 2.42. The molecule has 1 amide bonds. The number of carboxylic acids is 1. The molecule has 0 unspecified atom stereocenters. The van der Waals surface area contributed by atoms with Crippen molar-refractivity contribution in [2.45, 2.75) is 26.2 Å². The van der Waals surface area contributed by atoms with Crippen LogP contribution in [0.1, 0.15) is 36.5 Å². The SMILES string of the molecule is CC[C@]1(C(=O)O)CCCN(C(=O)c2cnc(-c3ccncc3)nc2)C1. The number of aromatic nitrogens is 3. The fourth-order valence-corrected chi connectivity index (χ4v) is 3.19. The Labute approximate surface area is 145 Å². The summed E-state index contributed by atoms with van der Waals surface area (Å²) in [4.78, 5) is 38.4. The lowest BCUT2D eigenvalue weighted by Gasteiger charge is -2.39. The minimum atomic E-state index is -0.855. The third-order valence-electron chi connectivity index (χ3n) is 4.83. The zero-order valence-corrected chi connectivity index (χ0v) is 14.1. The summed E-state index contributed by atoms with van der Waals surface area (Å²) >= 11 is 0. The van der Waals surface area contributed by atoms with Crippen LogP contribution in [0.2, 0.25) is 0 Å². The summed E-state index contributed by atoms with van der Waals surface area (Å²) in [6, 6.07) is 3.59. The summed E-state index contributed by atoms with van der Waals surface area (Å²) in [6.07, 6.45) is 8.08. The van der Waals surface area contributed by atoms with Crippen LogP contribution < -0.4 is 0 Å². The molecule has 0 aromatic carbocycles. The first kappa shape index (κ1) is 17.0. The van der Waals surface area contributed by atoms with Gasteiger partial charge in [0.25, 0.3) is 5.91 Å². The van der Waals surface area contributed by atoms with E-state index in [2.05, 4.69) is 15.0 Å². The molecule has 1 atom stereocenters. The topological polar surface area (TPSA) is 96.3 Å². The fourth-order valence-electron chi connectivity index (χ4n) is 3.19. The first-order valence-electron chi connectivity index (χ1n) is 8.31. The predicted octanol–water partition coefficient (Wildman–Crippen LogP) is 2.26. The Bertz CT molecular complexity index is 764. The zero-order chi connectivity index (χ0) is 17.9. The maximum Gasteiger partial charge on any atom is 0.311 e. The molecule has 1 aliphatic rings. The molecule has 130 valence electrons. The molecule has 3 heterocycles. The molecule has 2 aromatic rings. The molecule has 0 spiro atoms. The largest absolute Gasteiger partial charge is 0.481 e. The van der Waals surface area contributed by atoms with E-state index in [1.54, 1.807) is 29.4 Å². The van der Waals surface area contributed by atoms with Crippen molar-refractivity contribution in [3.8, 4) is 11.4 Å². The summed E-state index contributed by atoms with van der Waals surface area (Å²) in [5, 5.41) is 9.55. The van der Waals surface area contributed by atoms with Gasteiger partial charge in [0, 0.05) is 43.4 Å². The van der Waals surface area contributed by atoms with Crippen LogP contribution in [0.4, 0.5) is 0 Å². The molecule has 1 fully saturated rings. The molecular formula is C18H20N4O3. The minimum Gasteiger partial charge on any atom is -0.481 e. The first-order valence-corrected chi connectivity index (χ1v) is 8.31.